The molecule has 4 N–H and O–H groups in total. The molecule has 1 unspecified atom stereocenters. The lowest BCUT2D eigenvalue weighted by Crippen LogP contribution is -2.45. The molecule has 2 heterocycles. The maximum Gasteiger partial charge on any atom is 0.274 e. The molecule has 1 aromatic carbocycles. The molecule has 1 atom stereocenters. The number of hydrogen-bond acceptors (Lipinski definition) is 5. The first kappa shape index (κ1) is 14.3. The number of anilines is 2. The number of aromatic nitrogens is 1. The number of thiocarbonyl (C=S) groups is 1. The van der Waals surface area contributed by atoms with Gasteiger partial charge in [-0.25, -0.2) is 4.98 Å². The summed E-state index contributed by atoms with van der Waals surface area (Å²) >= 11 is 4.93. The van der Waals surface area contributed by atoms with E-state index in [1.54, 1.807) is 12.1 Å². The molecular weight excluding hydrogens is 300 g/mol. The molecule has 2 aromatic rings. The molecule has 1 aliphatic heterocycles. The van der Waals surface area contributed by atoms with E-state index in [0.717, 1.165) is 5.56 Å². The molecule has 7 heteroatoms. The smallest absolute Gasteiger partial charge is 0.274 e. The lowest BCUT2D eigenvalue weighted by molar-refractivity contribution is -0.126. The Morgan fingerprint density at radius 1 is 1.27 bits per heavy atom. The number of amides is 1. The van der Waals surface area contributed by atoms with E-state index in [9.17, 15) is 4.79 Å². The molecule has 1 amide bonds. The van der Waals surface area contributed by atoms with Crippen molar-refractivity contribution in [2.45, 2.75) is 6.10 Å². The van der Waals surface area contributed by atoms with Crippen LogP contribution in [0.1, 0.15) is 11.7 Å². The second-order valence-electron chi connectivity index (χ2n) is 4.86. The van der Waals surface area contributed by atoms with E-state index in [1.165, 1.54) is 4.90 Å². The summed E-state index contributed by atoms with van der Waals surface area (Å²) in [6, 6.07) is 12.5. The van der Waals surface area contributed by atoms with Crippen molar-refractivity contribution < 1.29 is 9.53 Å². The molecule has 3 rings (SSSR count). The molecule has 0 bridgehead atoms. The van der Waals surface area contributed by atoms with E-state index >= 15 is 0 Å². The summed E-state index contributed by atoms with van der Waals surface area (Å²) in [5.74, 6) is 0.828. The van der Waals surface area contributed by atoms with E-state index in [0.29, 0.717) is 17.4 Å². The molecule has 22 heavy (non-hydrogen) atoms. The second kappa shape index (κ2) is 5.61. The Bertz CT molecular complexity index is 736. The summed E-state index contributed by atoms with van der Waals surface area (Å²) < 4.78 is 5.80. The van der Waals surface area contributed by atoms with E-state index in [-0.39, 0.29) is 17.4 Å². The van der Waals surface area contributed by atoms with Crippen LogP contribution in [-0.4, -0.2) is 22.4 Å². The molecular formula is C15H14N4O2S. The van der Waals surface area contributed by atoms with Crippen molar-refractivity contribution in [2.24, 2.45) is 5.73 Å². The van der Waals surface area contributed by atoms with E-state index in [4.69, 9.17) is 28.4 Å². The van der Waals surface area contributed by atoms with Crippen molar-refractivity contribution >= 4 is 34.7 Å². The fourth-order valence-corrected chi connectivity index (χ4v) is 2.44. The van der Waals surface area contributed by atoms with Gasteiger partial charge in [-0.15, -0.1) is 0 Å². The van der Waals surface area contributed by atoms with Crippen LogP contribution >= 0.6 is 12.2 Å². The number of nitrogens with two attached hydrogens (primary N) is 2. The normalized spacial score (nSPS) is 16.8. The van der Waals surface area contributed by atoms with Gasteiger partial charge < -0.3 is 16.2 Å². The number of hydrogen-bond donors (Lipinski definition) is 2. The van der Waals surface area contributed by atoms with Gasteiger partial charge in [0.25, 0.3) is 5.91 Å². The number of rotatable bonds is 3. The molecule has 0 radical (unpaired) electrons. The summed E-state index contributed by atoms with van der Waals surface area (Å²) in [4.78, 5) is 18.5. The van der Waals surface area contributed by atoms with Crippen LogP contribution < -0.4 is 21.1 Å². The third-order valence-electron chi connectivity index (χ3n) is 3.27. The molecule has 112 valence electrons. The summed E-state index contributed by atoms with van der Waals surface area (Å²) in [6.07, 6.45) is -0.756. The van der Waals surface area contributed by atoms with Crippen molar-refractivity contribution in [3.05, 3.63) is 48.0 Å². The minimum atomic E-state index is -0.756. The van der Waals surface area contributed by atoms with E-state index < -0.39 is 6.10 Å². The van der Waals surface area contributed by atoms with Gasteiger partial charge in [0, 0.05) is 5.56 Å². The lowest BCUT2D eigenvalue weighted by atomic mass is 10.1. The average Bonchev–Trinajstić information content (AvgIpc) is 2.51. The van der Waals surface area contributed by atoms with Gasteiger partial charge in [0.2, 0.25) is 6.10 Å². The van der Waals surface area contributed by atoms with Crippen LogP contribution in [0.4, 0.5) is 11.6 Å². The van der Waals surface area contributed by atoms with Gasteiger partial charge in [0.05, 0.1) is 11.5 Å². The first-order valence-corrected chi connectivity index (χ1v) is 7.05. The monoisotopic (exact) mass is 314 g/mol. The third kappa shape index (κ3) is 2.58. The number of fused-ring (bicyclic) bond motifs is 1. The zero-order chi connectivity index (χ0) is 15.7. The Morgan fingerprint density at radius 3 is 2.68 bits per heavy atom. The number of carbonyl (C=O) groups is 1. The Balaban J connectivity index is 2.06. The molecule has 6 nitrogen and oxygen atoms in total. The van der Waals surface area contributed by atoms with Crippen LogP contribution in [0.2, 0.25) is 0 Å². The summed E-state index contributed by atoms with van der Waals surface area (Å²) in [6.45, 7) is 0.0876. The molecule has 1 aromatic heterocycles. The predicted octanol–water partition coefficient (Wildman–Crippen LogP) is 1.42. The summed E-state index contributed by atoms with van der Waals surface area (Å²) in [5, 5.41) is 0. The maximum atomic E-state index is 12.7. The molecule has 1 aliphatic rings. The van der Waals surface area contributed by atoms with Crippen molar-refractivity contribution in [1.29, 1.82) is 0 Å². The predicted molar refractivity (Wildman–Crippen MR) is 87.6 cm³/mol. The number of carbonyl (C=O) groups excluding carboxylic acids is 1. The number of nitrogen functional groups attached to an aromatic ring is 1. The SMILES string of the molecule is NC(=S)CN1C(=O)C(c2ccccc2)Oc2ccc(N)nc21. The minimum Gasteiger partial charge on any atom is -0.472 e. The largest absolute Gasteiger partial charge is 0.472 e. The van der Waals surface area contributed by atoms with Gasteiger partial charge in [-0.05, 0) is 12.1 Å². The van der Waals surface area contributed by atoms with E-state index in [2.05, 4.69) is 4.98 Å². The van der Waals surface area contributed by atoms with Crippen molar-refractivity contribution in [3.8, 4) is 5.75 Å². The molecule has 0 saturated heterocycles. The molecule has 0 fully saturated rings. The Hall–Kier alpha value is -2.67. The highest BCUT2D eigenvalue weighted by atomic mass is 32.1. The molecule has 0 spiro atoms. The Labute approximate surface area is 132 Å². The quantitative estimate of drug-likeness (QED) is 0.832. The van der Waals surface area contributed by atoms with Gasteiger partial charge in [-0.1, -0.05) is 42.5 Å². The topological polar surface area (TPSA) is 94.5 Å². The highest BCUT2D eigenvalue weighted by molar-refractivity contribution is 7.80. The Kier molecular flexibility index (Phi) is 3.64. The first-order valence-electron chi connectivity index (χ1n) is 6.64. The number of nitrogens with zero attached hydrogens (tertiary/aromatic N) is 2. The van der Waals surface area contributed by atoms with Gasteiger partial charge in [-0.2, -0.15) is 0 Å². The number of pyridine rings is 1. The second-order valence-corrected chi connectivity index (χ2v) is 5.38. The minimum absolute atomic E-state index is 0.0876. The zero-order valence-corrected chi connectivity index (χ0v) is 12.4. The summed E-state index contributed by atoms with van der Waals surface area (Å²) in [5.41, 5.74) is 12.1. The van der Waals surface area contributed by atoms with Gasteiger partial charge in [0.1, 0.15) is 5.82 Å². The van der Waals surface area contributed by atoms with E-state index in [1.807, 2.05) is 30.3 Å². The van der Waals surface area contributed by atoms with Gasteiger partial charge in [-0.3, -0.25) is 9.69 Å². The van der Waals surface area contributed by atoms with Crippen LogP contribution in [0.15, 0.2) is 42.5 Å². The van der Waals surface area contributed by atoms with Crippen molar-refractivity contribution in [2.75, 3.05) is 17.2 Å². The Morgan fingerprint density at radius 2 is 2.00 bits per heavy atom. The van der Waals surface area contributed by atoms with Crippen LogP contribution in [-0.2, 0) is 4.79 Å². The highest BCUT2D eigenvalue weighted by Crippen LogP contribution is 2.37. The van der Waals surface area contributed by atoms with Crippen LogP contribution in [0.5, 0.6) is 5.75 Å². The van der Waals surface area contributed by atoms with Crippen LogP contribution in [0.25, 0.3) is 0 Å². The number of ether oxygens (including phenoxy) is 1. The third-order valence-corrected chi connectivity index (χ3v) is 3.40. The van der Waals surface area contributed by atoms with Gasteiger partial charge in [0.15, 0.2) is 11.6 Å². The van der Waals surface area contributed by atoms with Crippen LogP contribution in [0.3, 0.4) is 0 Å². The number of benzene rings is 1. The highest BCUT2D eigenvalue weighted by Gasteiger charge is 2.36. The van der Waals surface area contributed by atoms with Crippen molar-refractivity contribution in [3.63, 3.8) is 0 Å². The summed E-state index contributed by atoms with van der Waals surface area (Å²) in [7, 11) is 0. The lowest BCUT2D eigenvalue weighted by Gasteiger charge is -2.33. The molecule has 0 aliphatic carbocycles. The standard InChI is InChI=1S/C15H14N4O2S/c16-11-7-6-10-14(18-11)19(8-12(17)22)15(20)13(21-10)9-4-2-1-3-5-9/h1-7,13H,8H2,(H2,16,18)(H2,17,22). The maximum absolute atomic E-state index is 12.7. The fraction of sp³-hybridized carbons (Fsp3) is 0.133. The van der Waals surface area contributed by atoms with Crippen molar-refractivity contribution in [1.82, 2.24) is 4.98 Å². The average molecular weight is 314 g/mol. The fourth-order valence-electron chi connectivity index (χ4n) is 2.31. The molecule has 0 saturated carbocycles. The van der Waals surface area contributed by atoms with Gasteiger partial charge >= 0.3 is 0 Å². The van der Waals surface area contributed by atoms with Crippen LogP contribution in [0, 0.1) is 0 Å². The first-order chi connectivity index (χ1) is 10.6. The zero-order valence-electron chi connectivity index (χ0n) is 11.6.